The van der Waals surface area contributed by atoms with E-state index in [1.807, 2.05) is 12.3 Å². The largest absolute Gasteiger partial charge is 0.381 e. The number of hydrogen-bond acceptors (Lipinski definition) is 5. The second-order valence-electron chi connectivity index (χ2n) is 5.36. The smallest absolute Gasteiger partial charge is 0.243 e. The Morgan fingerprint density at radius 3 is 3.00 bits per heavy atom. The molecule has 1 atom stereocenters. The Morgan fingerprint density at radius 2 is 2.33 bits per heavy atom. The van der Waals surface area contributed by atoms with E-state index in [1.54, 1.807) is 13.1 Å². The summed E-state index contributed by atoms with van der Waals surface area (Å²) < 4.78 is 32.3. The van der Waals surface area contributed by atoms with Crippen molar-refractivity contribution in [1.29, 1.82) is 0 Å². The Balaban J connectivity index is 2.07. The highest BCUT2D eigenvalue weighted by Crippen LogP contribution is 2.26. The summed E-state index contributed by atoms with van der Waals surface area (Å²) in [5.41, 5.74) is 0. The van der Waals surface area contributed by atoms with Gasteiger partial charge in [-0.05, 0) is 36.8 Å². The standard InChI is InChI=1S/C14H24N2O3S2/c1-3-15-9-13-14(6-8-20-13)21(17,18)16(2)10-12-5-4-7-19-11-12/h6,8,12,15H,3-5,7,9-11H2,1-2H3. The molecule has 1 aromatic heterocycles. The van der Waals surface area contributed by atoms with E-state index in [1.165, 1.54) is 15.6 Å². The first-order valence-corrected chi connectivity index (χ1v) is 9.68. The van der Waals surface area contributed by atoms with Gasteiger partial charge in [0.25, 0.3) is 0 Å². The van der Waals surface area contributed by atoms with Gasteiger partial charge in [0.1, 0.15) is 0 Å². The van der Waals surface area contributed by atoms with E-state index in [0.717, 1.165) is 30.9 Å². The van der Waals surface area contributed by atoms with Crippen molar-refractivity contribution in [3.8, 4) is 0 Å². The summed E-state index contributed by atoms with van der Waals surface area (Å²) in [7, 11) is -1.74. The number of ether oxygens (including phenoxy) is 1. The predicted molar refractivity (Wildman–Crippen MR) is 85.1 cm³/mol. The van der Waals surface area contributed by atoms with Crippen molar-refractivity contribution in [3.63, 3.8) is 0 Å². The molecule has 0 bridgehead atoms. The average molecular weight is 332 g/mol. The lowest BCUT2D eigenvalue weighted by Crippen LogP contribution is -2.35. The summed E-state index contributed by atoms with van der Waals surface area (Å²) >= 11 is 1.49. The highest BCUT2D eigenvalue weighted by Gasteiger charge is 2.27. The van der Waals surface area contributed by atoms with Gasteiger partial charge in [-0.2, -0.15) is 0 Å². The van der Waals surface area contributed by atoms with Crippen LogP contribution in [-0.4, -0.2) is 46.1 Å². The van der Waals surface area contributed by atoms with Crippen molar-refractivity contribution in [3.05, 3.63) is 16.3 Å². The molecule has 0 radical (unpaired) electrons. The van der Waals surface area contributed by atoms with E-state index in [9.17, 15) is 8.42 Å². The summed E-state index contributed by atoms with van der Waals surface area (Å²) in [6, 6.07) is 1.71. The Labute approximate surface area is 131 Å². The summed E-state index contributed by atoms with van der Waals surface area (Å²) in [6.45, 7) is 5.42. The van der Waals surface area contributed by atoms with E-state index in [-0.39, 0.29) is 0 Å². The molecule has 0 aliphatic carbocycles. The third-order valence-corrected chi connectivity index (χ3v) is 6.66. The van der Waals surface area contributed by atoms with Gasteiger partial charge in [-0.25, -0.2) is 12.7 Å². The molecule has 1 aliphatic heterocycles. The number of thiophene rings is 1. The fourth-order valence-electron chi connectivity index (χ4n) is 2.51. The van der Waals surface area contributed by atoms with Crippen LogP contribution < -0.4 is 5.32 Å². The maximum atomic E-state index is 12.7. The minimum atomic E-state index is -3.41. The van der Waals surface area contributed by atoms with E-state index < -0.39 is 10.0 Å². The van der Waals surface area contributed by atoms with Crippen molar-refractivity contribution >= 4 is 21.4 Å². The lowest BCUT2D eigenvalue weighted by molar-refractivity contribution is 0.0495. The molecular weight excluding hydrogens is 308 g/mol. The Morgan fingerprint density at radius 1 is 1.52 bits per heavy atom. The second kappa shape index (κ2) is 7.69. The zero-order chi connectivity index (χ0) is 15.3. The predicted octanol–water partition coefficient (Wildman–Crippen LogP) is 1.90. The van der Waals surface area contributed by atoms with Gasteiger partial charge < -0.3 is 10.1 Å². The lowest BCUT2D eigenvalue weighted by atomic mass is 10.0. The van der Waals surface area contributed by atoms with Gasteiger partial charge in [0.05, 0.1) is 11.5 Å². The Hall–Kier alpha value is -0.470. The molecule has 2 rings (SSSR count). The normalized spacial score (nSPS) is 20.0. The Bertz CT molecular complexity index is 536. The highest BCUT2D eigenvalue weighted by atomic mass is 32.2. The molecule has 1 N–H and O–H groups in total. The van der Waals surface area contributed by atoms with Crippen LogP contribution in [0.4, 0.5) is 0 Å². The van der Waals surface area contributed by atoms with Crippen LogP contribution in [0.15, 0.2) is 16.3 Å². The van der Waals surface area contributed by atoms with Crippen LogP contribution >= 0.6 is 11.3 Å². The molecule has 5 nitrogen and oxygen atoms in total. The second-order valence-corrected chi connectivity index (χ2v) is 8.37. The number of nitrogens with zero attached hydrogens (tertiary/aromatic N) is 1. The third kappa shape index (κ3) is 4.26. The van der Waals surface area contributed by atoms with E-state index in [2.05, 4.69) is 5.32 Å². The number of sulfonamides is 1. The van der Waals surface area contributed by atoms with Gasteiger partial charge in [0.2, 0.25) is 10.0 Å². The van der Waals surface area contributed by atoms with Crippen LogP contribution in [0.5, 0.6) is 0 Å². The molecule has 0 saturated carbocycles. The molecule has 0 spiro atoms. The van der Waals surface area contributed by atoms with Crippen molar-refractivity contribution in [2.24, 2.45) is 5.92 Å². The van der Waals surface area contributed by atoms with E-state index >= 15 is 0 Å². The summed E-state index contributed by atoms with van der Waals surface area (Å²) in [6.07, 6.45) is 2.05. The van der Waals surface area contributed by atoms with Crippen molar-refractivity contribution < 1.29 is 13.2 Å². The van der Waals surface area contributed by atoms with E-state index in [0.29, 0.717) is 30.5 Å². The topological polar surface area (TPSA) is 58.6 Å². The average Bonchev–Trinajstić information content (AvgIpc) is 2.95. The summed E-state index contributed by atoms with van der Waals surface area (Å²) in [5.74, 6) is 0.300. The highest BCUT2D eigenvalue weighted by molar-refractivity contribution is 7.89. The number of rotatable bonds is 7. The first-order valence-electron chi connectivity index (χ1n) is 7.37. The lowest BCUT2D eigenvalue weighted by Gasteiger charge is -2.26. The number of hydrogen-bond donors (Lipinski definition) is 1. The molecule has 7 heteroatoms. The van der Waals surface area contributed by atoms with Crippen LogP contribution in [0.1, 0.15) is 24.6 Å². The molecule has 120 valence electrons. The molecule has 21 heavy (non-hydrogen) atoms. The van der Waals surface area contributed by atoms with E-state index in [4.69, 9.17) is 4.74 Å². The quantitative estimate of drug-likeness (QED) is 0.828. The molecule has 2 heterocycles. The first kappa shape index (κ1) is 16.9. The molecule has 1 fully saturated rings. The minimum Gasteiger partial charge on any atom is -0.381 e. The molecular formula is C14H24N2O3S2. The SMILES string of the molecule is CCNCc1sccc1S(=O)(=O)N(C)CC1CCCOC1. The van der Waals surface area contributed by atoms with Gasteiger partial charge in [-0.15, -0.1) is 11.3 Å². The zero-order valence-electron chi connectivity index (χ0n) is 12.7. The van der Waals surface area contributed by atoms with Crippen molar-refractivity contribution in [2.75, 3.05) is 33.4 Å². The van der Waals surface area contributed by atoms with Gasteiger partial charge in [-0.1, -0.05) is 6.92 Å². The fourth-order valence-corrected chi connectivity index (χ4v) is 5.13. The van der Waals surface area contributed by atoms with Gasteiger partial charge in [-0.3, -0.25) is 0 Å². The van der Waals surface area contributed by atoms with Crippen LogP contribution in [0.3, 0.4) is 0 Å². The maximum Gasteiger partial charge on any atom is 0.243 e. The molecule has 1 aromatic rings. The van der Waals surface area contributed by atoms with Gasteiger partial charge >= 0.3 is 0 Å². The molecule has 0 aromatic carbocycles. The monoisotopic (exact) mass is 332 g/mol. The van der Waals surface area contributed by atoms with Crippen LogP contribution in [-0.2, 0) is 21.3 Å². The molecule has 0 amide bonds. The number of nitrogens with one attached hydrogen (secondary N) is 1. The van der Waals surface area contributed by atoms with Crippen molar-refractivity contribution in [2.45, 2.75) is 31.2 Å². The Kier molecular flexibility index (Phi) is 6.19. The molecule has 1 unspecified atom stereocenters. The fraction of sp³-hybridized carbons (Fsp3) is 0.714. The molecule has 1 saturated heterocycles. The first-order chi connectivity index (χ1) is 10.1. The van der Waals surface area contributed by atoms with Crippen LogP contribution in [0, 0.1) is 5.92 Å². The van der Waals surface area contributed by atoms with Gasteiger partial charge in [0.15, 0.2) is 0 Å². The van der Waals surface area contributed by atoms with Crippen LogP contribution in [0.2, 0.25) is 0 Å². The maximum absolute atomic E-state index is 12.7. The summed E-state index contributed by atoms with van der Waals surface area (Å²) in [5, 5.41) is 5.04. The van der Waals surface area contributed by atoms with Crippen LogP contribution in [0.25, 0.3) is 0 Å². The van der Waals surface area contributed by atoms with Gasteiger partial charge in [0, 0.05) is 31.6 Å². The summed E-state index contributed by atoms with van der Waals surface area (Å²) in [4.78, 5) is 1.32. The van der Waals surface area contributed by atoms with Crippen molar-refractivity contribution in [1.82, 2.24) is 9.62 Å². The minimum absolute atomic E-state index is 0.300. The molecule has 1 aliphatic rings. The zero-order valence-corrected chi connectivity index (χ0v) is 14.3. The third-order valence-electron chi connectivity index (χ3n) is 3.70.